The second kappa shape index (κ2) is 5.20. The van der Waals surface area contributed by atoms with Crippen molar-refractivity contribution in [2.75, 3.05) is 0 Å². The first-order valence-corrected chi connectivity index (χ1v) is 5.89. The van der Waals surface area contributed by atoms with Gasteiger partial charge in [-0.2, -0.15) is 8.78 Å². The van der Waals surface area contributed by atoms with Crippen molar-refractivity contribution in [3.8, 4) is 11.5 Å². The van der Waals surface area contributed by atoms with Crippen molar-refractivity contribution in [3.05, 3.63) is 54.4 Å². The smallest absolute Gasteiger partial charge is 0.314 e. The molecule has 0 unspecified atom stereocenters. The van der Waals surface area contributed by atoms with Crippen LogP contribution in [0.5, 0.6) is 0 Å². The van der Waals surface area contributed by atoms with Gasteiger partial charge in [-0.15, -0.1) is 10.2 Å². The van der Waals surface area contributed by atoms with Crippen molar-refractivity contribution in [2.24, 2.45) is 0 Å². The van der Waals surface area contributed by atoms with Crippen molar-refractivity contribution >= 4 is 0 Å². The molecule has 0 bridgehead atoms. The first-order chi connectivity index (χ1) is 9.72. The molecule has 0 saturated heterocycles. The van der Waals surface area contributed by atoms with Crippen LogP contribution in [0, 0.1) is 0 Å². The summed E-state index contributed by atoms with van der Waals surface area (Å²) < 4.78 is 31.6. The lowest BCUT2D eigenvalue weighted by Crippen LogP contribution is -1.95. The molecule has 0 aliphatic heterocycles. The topological polar surface area (TPSA) is 56.7 Å². The van der Waals surface area contributed by atoms with Crippen LogP contribution in [0.2, 0.25) is 0 Å². The third kappa shape index (κ3) is 2.56. The van der Waals surface area contributed by atoms with Crippen LogP contribution in [-0.4, -0.2) is 19.7 Å². The summed E-state index contributed by atoms with van der Waals surface area (Å²) in [5.74, 6) is -0.572. The maximum Gasteiger partial charge on any atom is 0.314 e. The molecule has 0 saturated carbocycles. The summed E-state index contributed by atoms with van der Waals surface area (Å²) in [5, 5.41) is 6.90. The Morgan fingerprint density at radius 1 is 1.15 bits per heavy atom. The van der Waals surface area contributed by atoms with Gasteiger partial charge >= 0.3 is 6.43 Å². The normalized spacial score (nSPS) is 11.2. The number of halogens is 2. The van der Waals surface area contributed by atoms with E-state index in [4.69, 9.17) is 4.42 Å². The van der Waals surface area contributed by atoms with E-state index in [1.807, 2.05) is 22.9 Å². The molecular formula is C13H10F2N4O. The summed E-state index contributed by atoms with van der Waals surface area (Å²) in [7, 11) is 0. The molecule has 7 heteroatoms. The van der Waals surface area contributed by atoms with Gasteiger partial charge in [0.25, 0.3) is 5.89 Å². The summed E-state index contributed by atoms with van der Waals surface area (Å²) >= 11 is 0. The van der Waals surface area contributed by atoms with E-state index in [0.717, 1.165) is 5.56 Å². The van der Waals surface area contributed by atoms with E-state index in [0.29, 0.717) is 12.1 Å². The minimum atomic E-state index is -2.75. The Bertz CT molecular complexity index is 677. The van der Waals surface area contributed by atoms with Gasteiger partial charge in [0.2, 0.25) is 5.89 Å². The van der Waals surface area contributed by atoms with E-state index >= 15 is 0 Å². The van der Waals surface area contributed by atoms with Gasteiger partial charge in [-0.1, -0.05) is 12.1 Å². The number of hydrogen-bond donors (Lipinski definition) is 0. The van der Waals surface area contributed by atoms with Gasteiger partial charge in [-0.3, -0.25) is 0 Å². The lowest BCUT2D eigenvalue weighted by molar-refractivity contribution is 0.116. The minimum Gasteiger partial charge on any atom is -0.415 e. The first kappa shape index (κ1) is 12.5. The van der Waals surface area contributed by atoms with Gasteiger partial charge in [-0.05, 0) is 17.7 Å². The highest BCUT2D eigenvalue weighted by Gasteiger charge is 2.16. The van der Waals surface area contributed by atoms with Crippen LogP contribution in [0.15, 0.2) is 47.4 Å². The van der Waals surface area contributed by atoms with E-state index < -0.39 is 12.3 Å². The first-order valence-electron chi connectivity index (χ1n) is 5.89. The fourth-order valence-electron chi connectivity index (χ4n) is 1.78. The number of rotatable bonds is 4. The molecule has 20 heavy (non-hydrogen) atoms. The van der Waals surface area contributed by atoms with Crippen molar-refractivity contribution < 1.29 is 13.2 Å². The van der Waals surface area contributed by atoms with Crippen LogP contribution < -0.4 is 0 Å². The number of nitrogens with zero attached hydrogens (tertiary/aromatic N) is 4. The molecule has 0 atom stereocenters. The second-order valence-corrected chi connectivity index (χ2v) is 4.18. The molecule has 0 aliphatic rings. The predicted molar refractivity (Wildman–Crippen MR) is 66.0 cm³/mol. The molecule has 0 N–H and O–H groups in total. The minimum absolute atomic E-state index is 0.0921. The molecule has 2 aromatic heterocycles. The number of imidazole rings is 1. The molecule has 0 spiro atoms. The predicted octanol–water partition coefficient (Wildman–Crippen LogP) is 2.92. The molecule has 5 nitrogen and oxygen atoms in total. The number of hydrogen-bond acceptors (Lipinski definition) is 4. The summed E-state index contributed by atoms with van der Waals surface area (Å²) in [6, 6.07) is 7.27. The van der Waals surface area contributed by atoms with Crippen LogP contribution in [0.3, 0.4) is 0 Å². The molecule has 3 aromatic rings. The van der Waals surface area contributed by atoms with Gasteiger partial charge in [0.05, 0.1) is 6.33 Å². The highest BCUT2D eigenvalue weighted by Crippen LogP contribution is 2.23. The number of alkyl halides is 2. The van der Waals surface area contributed by atoms with Crippen LogP contribution in [0.4, 0.5) is 8.78 Å². The maximum atomic E-state index is 12.4. The Morgan fingerprint density at radius 2 is 1.95 bits per heavy atom. The fourth-order valence-corrected chi connectivity index (χ4v) is 1.78. The van der Waals surface area contributed by atoms with Gasteiger partial charge in [0.1, 0.15) is 0 Å². The molecule has 0 radical (unpaired) electrons. The molecule has 3 rings (SSSR count). The highest BCUT2D eigenvalue weighted by atomic mass is 19.3. The van der Waals surface area contributed by atoms with E-state index in [2.05, 4.69) is 15.2 Å². The van der Waals surface area contributed by atoms with E-state index in [1.165, 1.54) is 0 Å². The maximum absolute atomic E-state index is 12.4. The summed E-state index contributed by atoms with van der Waals surface area (Å²) in [5.41, 5.74) is 1.67. The van der Waals surface area contributed by atoms with Gasteiger partial charge in [-0.25, -0.2) is 4.98 Å². The molecule has 102 valence electrons. The monoisotopic (exact) mass is 276 g/mol. The van der Waals surface area contributed by atoms with Gasteiger partial charge in [0, 0.05) is 24.5 Å². The number of benzene rings is 1. The quantitative estimate of drug-likeness (QED) is 0.735. The van der Waals surface area contributed by atoms with Crippen LogP contribution in [-0.2, 0) is 6.54 Å². The molecule has 0 fully saturated rings. The lowest BCUT2D eigenvalue weighted by Gasteiger charge is -2.02. The van der Waals surface area contributed by atoms with Gasteiger partial charge < -0.3 is 8.98 Å². The van der Waals surface area contributed by atoms with Gasteiger partial charge in [0.15, 0.2) is 0 Å². The SMILES string of the molecule is FC(F)c1nnc(-c2ccc(Cn3ccnc3)cc2)o1. The van der Waals surface area contributed by atoms with Crippen molar-refractivity contribution in [3.63, 3.8) is 0 Å². The Kier molecular flexibility index (Phi) is 3.24. The van der Waals surface area contributed by atoms with E-state index in [9.17, 15) is 8.78 Å². The highest BCUT2D eigenvalue weighted by molar-refractivity contribution is 5.52. The van der Waals surface area contributed by atoms with Crippen LogP contribution in [0.1, 0.15) is 17.9 Å². The Balaban J connectivity index is 1.78. The Morgan fingerprint density at radius 3 is 2.55 bits per heavy atom. The summed E-state index contributed by atoms with van der Waals surface area (Å²) in [6.45, 7) is 0.687. The molecule has 0 amide bonds. The summed E-state index contributed by atoms with van der Waals surface area (Å²) in [4.78, 5) is 3.96. The zero-order chi connectivity index (χ0) is 13.9. The van der Waals surface area contributed by atoms with Crippen molar-refractivity contribution in [1.29, 1.82) is 0 Å². The standard InChI is InChI=1S/C13H10F2N4O/c14-11(15)13-18-17-12(20-13)10-3-1-9(2-4-10)7-19-6-5-16-8-19/h1-6,8,11H,7H2. The molecule has 0 aliphatic carbocycles. The average Bonchev–Trinajstić information content (AvgIpc) is 3.10. The van der Waals surface area contributed by atoms with Crippen LogP contribution >= 0.6 is 0 Å². The zero-order valence-electron chi connectivity index (χ0n) is 10.3. The third-order valence-electron chi connectivity index (χ3n) is 2.75. The third-order valence-corrected chi connectivity index (χ3v) is 2.75. The molecule has 2 heterocycles. The average molecular weight is 276 g/mol. The molecular weight excluding hydrogens is 266 g/mol. The Hall–Kier alpha value is -2.57. The van der Waals surface area contributed by atoms with Crippen LogP contribution in [0.25, 0.3) is 11.5 Å². The number of aromatic nitrogens is 4. The Labute approximate surface area is 112 Å². The largest absolute Gasteiger partial charge is 0.415 e. The fraction of sp³-hybridized carbons (Fsp3) is 0.154. The lowest BCUT2D eigenvalue weighted by atomic mass is 10.1. The molecule has 1 aromatic carbocycles. The van der Waals surface area contributed by atoms with Crippen molar-refractivity contribution in [2.45, 2.75) is 13.0 Å². The second-order valence-electron chi connectivity index (χ2n) is 4.18. The zero-order valence-corrected chi connectivity index (χ0v) is 10.3. The van der Waals surface area contributed by atoms with E-state index in [1.54, 1.807) is 24.7 Å². The van der Waals surface area contributed by atoms with Crippen molar-refractivity contribution in [1.82, 2.24) is 19.7 Å². The van der Waals surface area contributed by atoms with E-state index in [-0.39, 0.29) is 5.89 Å². The summed E-state index contributed by atoms with van der Waals surface area (Å²) in [6.07, 6.45) is 2.54.